The second kappa shape index (κ2) is 12.7. The lowest BCUT2D eigenvalue weighted by molar-refractivity contribution is -0.117. The van der Waals surface area contributed by atoms with Crippen molar-refractivity contribution in [2.24, 2.45) is 7.05 Å². The molecule has 7 rings (SSSR count). The van der Waals surface area contributed by atoms with Gasteiger partial charge in [0.25, 0.3) is 0 Å². The fourth-order valence-corrected chi connectivity index (χ4v) is 5.91. The van der Waals surface area contributed by atoms with Crippen LogP contribution in [0.25, 0.3) is 27.7 Å². The zero-order valence-corrected chi connectivity index (χ0v) is 26.1. The standard InChI is InChI=1S/C33H36N10O3/c1-20-15-35-33(39-28-13-21(2)42(3)41-28)40-31(20)25-16-34-32-24(25)5-4-6-26(32)38-29(44)18-43-10-7-23(17-43)46-30-14-27(36-19-37-30)22-8-11-45-12-9-22/h4-6,8,13-16,19,23,34H,7,9-12,17-18H2,1-3H3,(H,38,44)(H,35,39,40,41)/t23-/m0/s1. The first-order valence-electron chi connectivity index (χ1n) is 15.4. The van der Waals surface area contributed by atoms with Gasteiger partial charge in [-0.1, -0.05) is 18.2 Å². The summed E-state index contributed by atoms with van der Waals surface area (Å²) in [5.41, 5.74) is 7.25. The van der Waals surface area contributed by atoms with Gasteiger partial charge in [0.2, 0.25) is 17.7 Å². The Labute approximate surface area is 266 Å². The molecule has 236 valence electrons. The smallest absolute Gasteiger partial charge is 0.238 e. The van der Waals surface area contributed by atoms with Crippen LogP contribution in [0.3, 0.4) is 0 Å². The molecule has 2 aliphatic heterocycles. The molecule has 1 fully saturated rings. The molecule has 46 heavy (non-hydrogen) atoms. The third kappa shape index (κ3) is 6.32. The Hall–Kier alpha value is -5.14. The number of para-hydroxylation sites is 1. The van der Waals surface area contributed by atoms with Crippen molar-refractivity contribution >= 4 is 39.8 Å². The molecular weight excluding hydrogens is 584 g/mol. The number of aryl methyl sites for hydroxylation is 3. The monoisotopic (exact) mass is 620 g/mol. The highest BCUT2D eigenvalue weighted by atomic mass is 16.5. The molecule has 0 saturated carbocycles. The topological polar surface area (TPSA) is 148 Å². The van der Waals surface area contributed by atoms with Gasteiger partial charge in [0.05, 0.1) is 42.4 Å². The first kappa shape index (κ1) is 29.6. The van der Waals surface area contributed by atoms with Crippen LogP contribution in [0.5, 0.6) is 5.88 Å². The number of amides is 1. The fourth-order valence-electron chi connectivity index (χ4n) is 5.91. The Balaban J connectivity index is 0.997. The van der Waals surface area contributed by atoms with Gasteiger partial charge in [-0.2, -0.15) is 5.10 Å². The molecule has 1 aromatic carbocycles. The highest BCUT2D eigenvalue weighted by Crippen LogP contribution is 2.33. The summed E-state index contributed by atoms with van der Waals surface area (Å²) in [6.07, 6.45) is 8.90. The van der Waals surface area contributed by atoms with E-state index < -0.39 is 0 Å². The van der Waals surface area contributed by atoms with Gasteiger partial charge in [-0.25, -0.2) is 19.9 Å². The normalized spacial score (nSPS) is 16.8. The van der Waals surface area contributed by atoms with Crippen molar-refractivity contribution in [2.75, 3.05) is 43.5 Å². The van der Waals surface area contributed by atoms with Crippen molar-refractivity contribution in [3.05, 3.63) is 72.1 Å². The quantitative estimate of drug-likeness (QED) is 0.217. The SMILES string of the molecule is Cc1cnc(Nc2cc(C)n(C)n2)nc1-c1c[nH]c2c(NC(=O)CN3CC[C@H](Oc4cc(C5=CCOCC5)ncn4)C3)cccc12. The largest absolute Gasteiger partial charge is 0.473 e. The molecule has 2 aliphatic rings. The minimum absolute atomic E-state index is 0.0502. The zero-order chi connectivity index (χ0) is 31.6. The highest BCUT2D eigenvalue weighted by Gasteiger charge is 2.26. The van der Waals surface area contributed by atoms with E-state index >= 15 is 0 Å². The molecule has 13 nitrogen and oxygen atoms in total. The number of H-pyrrole nitrogens is 1. The van der Waals surface area contributed by atoms with E-state index in [0.717, 1.165) is 64.1 Å². The van der Waals surface area contributed by atoms with Gasteiger partial charge in [-0.05, 0) is 43.9 Å². The molecule has 0 unspecified atom stereocenters. The maximum atomic E-state index is 13.2. The van der Waals surface area contributed by atoms with Crippen molar-refractivity contribution in [1.82, 2.24) is 39.6 Å². The number of carbonyl (C=O) groups is 1. The molecule has 1 amide bonds. The Kier molecular flexibility index (Phi) is 8.16. The van der Waals surface area contributed by atoms with E-state index in [-0.39, 0.29) is 18.6 Å². The molecule has 0 aliphatic carbocycles. The number of rotatable bonds is 9. The van der Waals surface area contributed by atoms with Crippen molar-refractivity contribution in [3.8, 4) is 17.1 Å². The number of benzene rings is 1. The number of hydrogen-bond acceptors (Lipinski definition) is 10. The van der Waals surface area contributed by atoms with Gasteiger partial charge < -0.3 is 25.1 Å². The molecular formula is C33H36N10O3. The summed E-state index contributed by atoms with van der Waals surface area (Å²) >= 11 is 0. The van der Waals surface area contributed by atoms with E-state index in [9.17, 15) is 4.79 Å². The Morgan fingerprint density at radius 3 is 2.93 bits per heavy atom. The van der Waals surface area contributed by atoms with Crippen LogP contribution in [0.2, 0.25) is 0 Å². The van der Waals surface area contributed by atoms with Crippen LogP contribution in [0, 0.1) is 13.8 Å². The molecule has 0 radical (unpaired) electrons. The minimum Gasteiger partial charge on any atom is -0.473 e. The van der Waals surface area contributed by atoms with Crippen molar-refractivity contribution in [1.29, 1.82) is 0 Å². The number of fused-ring (bicyclic) bond motifs is 1. The lowest BCUT2D eigenvalue weighted by Gasteiger charge is -2.17. The fraction of sp³-hybridized carbons (Fsp3) is 0.333. The van der Waals surface area contributed by atoms with E-state index in [2.05, 4.69) is 46.6 Å². The first-order valence-corrected chi connectivity index (χ1v) is 15.4. The molecule has 4 aromatic heterocycles. The summed E-state index contributed by atoms with van der Waals surface area (Å²) in [5, 5.41) is 11.7. The van der Waals surface area contributed by atoms with Crippen LogP contribution >= 0.6 is 0 Å². The minimum atomic E-state index is -0.0876. The number of hydrogen-bond donors (Lipinski definition) is 3. The van der Waals surface area contributed by atoms with Crippen LogP contribution < -0.4 is 15.4 Å². The van der Waals surface area contributed by atoms with Crippen molar-refractivity contribution in [2.45, 2.75) is 32.8 Å². The average Bonchev–Trinajstić information content (AvgIpc) is 3.77. The maximum absolute atomic E-state index is 13.2. The summed E-state index contributed by atoms with van der Waals surface area (Å²) in [4.78, 5) is 36.6. The predicted octanol–water partition coefficient (Wildman–Crippen LogP) is 4.40. The number of aromatic amines is 1. The Bertz CT molecular complexity index is 1910. The van der Waals surface area contributed by atoms with E-state index in [1.165, 1.54) is 0 Å². The molecule has 0 bridgehead atoms. The number of ether oxygens (including phenoxy) is 2. The van der Waals surface area contributed by atoms with E-state index in [4.69, 9.17) is 14.5 Å². The number of carbonyl (C=O) groups excluding carboxylic acids is 1. The van der Waals surface area contributed by atoms with Gasteiger partial charge in [0, 0.05) is 61.3 Å². The Morgan fingerprint density at radius 2 is 2.11 bits per heavy atom. The number of likely N-dealkylation sites (tertiary alicyclic amines) is 1. The van der Waals surface area contributed by atoms with E-state index in [1.807, 2.05) is 57.4 Å². The van der Waals surface area contributed by atoms with Gasteiger partial charge in [0.1, 0.15) is 12.4 Å². The molecule has 0 spiro atoms. The second-order valence-electron chi connectivity index (χ2n) is 11.7. The summed E-state index contributed by atoms with van der Waals surface area (Å²) in [5.74, 6) is 1.61. The lowest BCUT2D eigenvalue weighted by atomic mass is 10.1. The third-order valence-electron chi connectivity index (χ3n) is 8.39. The molecule has 1 saturated heterocycles. The molecule has 3 N–H and O–H groups in total. The number of aromatic nitrogens is 7. The lowest BCUT2D eigenvalue weighted by Crippen LogP contribution is -2.33. The van der Waals surface area contributed by atoms with Crippen LogP contribution in [-0.2, 0) is 16.6 Å². The summed E-state index contributed by atoms with van der Waals surface area (Å²) in [6, 6.07) is 9.69. The van der Waals surface area contributed by atoms with E-state index in [1.54, 1.807) is 17.2 Å². The summed E-state index contributed by atoms with van der Waals surface area (Å²) in [7, 11) is 1.89. The molecule has 5 aromatic rings. The average molecular weight is 621 g/mol. The highest BCUT2D eigenvalue weighted by molar-refractivity contribution is 6.06. The first-order chi connectivity index (χ1) is 22.4. The third-order valence-corrected chi connectivity index (χ3v) is 8.39. The van der Waals surface area contributed by atoms with Gasteiger partial charge in [0.15, 0.2) is 5.82 Å². The summed E-state index contributed by atoms with van der Waals surface area (Å²) in [6.45, 7) is 6.92. The van der Waals surface area contributed by atoms with Crippen LogP contribution in [-0.4, -0.2) is 84.5 Å². The maximum Gasteiger partial charge on any atom is 0.238 e. The molecule has 13 heteroatoms. The van der Waals surface area contributed by atoms with Crippen LogP contribution in [0.15, 0.2) is 55.1 Å². The molecule has 6 heterocycles. The number of nitrogens with zero attached hydrogens (tertiary/aromatic N) is 7. The second-order valence-corrected chi connectivity index (χ2v) is 11.7. The van der Waals surface area contributed by atoms with Gasteiger partial charge >= 0.3 is 0 Å². The van der Waals surface area contributed by atoms with Crippen LogP contribution in [0.1, 0.15) is 29.8 Å². The number of nitrogens with one attached hydrogen (secondary N) is 3. The molecule has 1 atom stereocenters. The van der Waals surface area contributed by atoms with Crippen molar-refractivity contribution < 1.29 is 14.3 Å². The van der Waals surface area contributed by atoms with Gasteiger partial charge in [-0.3, -0.25) is 14.4 Å². The van der Waals surface area contributed by atoms with Crippen LogP contribution in [0.4, 0.5) is 17.5 Å². The van der Waals surface area contributed by atoms with Crippen molar-refractivity contribution in [3.63, 3.8) is 0 Å². The van der Waals surface area contributed by atoms with Gasteiger partial charge in [-0.15, -0.1) is 0 Å². The Morgan fingerprint density at radius 1 is 1.20 bits per heavy atom. The number of anilines is 3. The van der Waals surface area contributed by atoms with E-state index in [0.29, 0.717) is 43.1 Å². The summed E-state index contributed by atoms with van der Waals surface area (Å²) < 4.78 is 13.4. The zero-order valence-electron chi connectivity index (χ0n) is 26.1. The predicted molar refractivity (Wildman–Crippen MR) is 175 cm³/mol.